The number of aryl methyl sites for hydroxylation is 1. The predicted octanol–water partition coefficient (Wildman–Crippen LogP) is 3.08. The van der Waals surface area contributed by atoms with Crippen molar-refractivity contribution >= 4 is 17.4 Å². The lowest BCUT2D eigenvalue weighted by Crippen LogP contribution is -2.07. The zero-order chi connectivity index (χ0) is 14.0. The first kappa shape index (κ1) is 13.7. The molecule has 4 nitrogen and oxygen atoms in total. The molecule has 2 N–H and O–H groups in total. The highest BCUT2D eigenvalue weighted by molar-refractivity contribution is 7.99. The second-order valence-corrected chi connectivity index (χ2v) is 5.42. The van der Waals surface area contributed by atoms with Gasteiger partial charge in [-0.05, 0) is 31.7 Å². The quantitative estimate of drug-likeness (QED) is 0.875. The van der Waals surface area contributed by atoms with E-state index in [0.29, 0.717) is 5.69 Å². The van der Waals surface area contributed by atoms with E-state index in [1.807, 2.05) is 31.7 Å². The third-order valence-corrected chi connectivity index (χ3v) is 3.55. The van der Waals surface area contributed by atoms with Crippen LogP contribution >= 0.6 is 11.8 Å². The van der Waals surface area contributed by atoms with Crippen LogP contribution in [0.2, 0.25) is 0 Å². The Hall–Kier alpha value is -1.69. The minimum Gasteiger partial charge on any atom is -0.488 e. The van der Waals surface area contributed by atoms with Gasteiger partial charge >= 0.3 is 0 Å². The van der Waals surface area contributed by atoms with E-state index in [1.54, 1.807) is 12.3 Å². The molecule has 0 bridgehead atoms. The minimum atomic E-state index is -0.449. The van der Waals surface area contributed by atoms with Gasteiger partial charge in [-0.3, -0.25) is 0 Å². The molecular weight excluding hydrogens is 265 g/mol. The molecule has 1 heterocycles. The number of hydrogen-bond acceptors (Lipinski definition) is 4. The molecular formula is C13H16FN3OS. The zero-order valence-electron chi connectivity index (χ0n) is 11.1. The molecule has 0 fully saturated rings. The maximum Gasteiger partial charge on any atom is 0.172 e. The van der Waals surface area contributed by atoms with Crippen LogP contribution in [0.5, 0.6) is 5.75 Å². The van der Waals surface area contributed by atoms with Crippen LogP contribution in [-0.2, 0) is 7.05 Å². The molecule has 0 aliphatic rings. The summed E-state index contributed by atoms with van der Waals surface area (Å²) < 4.78 is 21.0. The molecule has 0 spiro atoms. The molecule has 0 amide bonds. The highest BCUT2D eigenvalue weighted by Crippen LogP contribution is 2.35. The summed E-state index contributed by atoms with van der Waals surface area (Å²) in [6.07, 6.45) is 3.45. The first-order valence-corrected chi connectivity index (χ1v) is 6.70. The Balaban J connectivity index is 2.32. The Bertz CT molecular complexity index is 583. The topological polar surface area (TPSA) is 53.1 Å². The minimum absolute atomic E-state index is 0.0934. The molecule has 0 saturated carbocycles. The smallest absolute Gasteiger partial charge is 0.172 e. The van der Waals surface area contributed by atoms with E-state index in [-0.39, 0.29) is 11.9 Å². The summed E-state index contributed by atoms with van der Waals surface area (Å²) in [6.45, 7) is 3.70. The van der Waals surface area contributed by atoms with E-state index in [4.69, 9.17) is 10.5 Å². The van der Waals surface area contributed by atoms with Gasteiger partial charge in [0.2, 0.25) is 0 Å². The number of benzene rings is 1. The van der Waals surface area contributed by atoms with E-state index >= 15 is 0 Å². The van der Waals surface area contributed by atoms with Gasteiger partial charge < -0.3 is 15.0 Å². The fourth-order valence-electron chi connectivity index (χ4n) is 1.53. The molecule has 102 valence electrons. The summed E-state index contributed by atoms with van der Waals surface area (Å²) in [5.41, 5.74) is 6.21. The van der Waals surface area contributed by atoms with Crippen molar-refractivity contribution in [2.24, 2.45) is 7.05 Å². The first-order valence-electron chi connectivity index (χ1n) is 5.88. The Morgan fingerprint density at radius 3 is 2.74 bits per heavy atom. The zero-order valence-corrected chi connectivity index (χ0v) is 11.9. The summed E-state index contributed by atoms with van der Waals surface area (Å²) in [5.74, 6) is -0.240. The number of rotatable bonds is 4. The van der Waals surface area contributed by atoms with E-state index in [0.717, 1.165) is 10.1 Å². The summed E-state index contributed by atoms with van der Waals surface area (Å²) >= 11 is 1.38. The van der Waals surface area contributed by atoms with Crippen LogP contribution < -0.4 is 10.5 Å². The molecule has 6 heteroatoms. The number of hydrogen-bond donors (Lipinski definition) is 1. The normalized spacial score (nSPS) is 11.0. The van der Waals surface area contributed by atoms with E-state index in [2.05, 4.69) is 4.98 Å². The van der Waals surface area contributed by atoms with Gasteiger partial charge in [-0.2, -0.15) is 0 Å². The van der Waals surface area contributed by atoms with E-state index in [1.165, 1.54) is 17.8 Å². The maximum atomic E-state index is 13.7. The lowest BCUT2D eigenvalue weighted by atomic mass is 10.3. The Morgan fingerprint density at radius 2 is 2.16 bits per heavy atom. The molecule has 0 aliphatic carbocycles. The van der Waals surface area contributed by atoms with Crippen molar-refractivity contribution in [1.82, 2.24) is 9.55 Å². The average molecular weight is 281 g/mol. The summed E-state index contributed by atoms with van der Waals surface area (Å²) in [5, 5.41) is 0.786. The SMILES string of the molecule is CC(C)Oc1cc(Sc2nccn2C)c(N)cc1F. The highest BCUT2D eigenvalue weighted by atomic mass is 32.2. The molecule has 0 radical (unpaired) electrons. The molecule has 1 aromatic carbocycles. The fourth-order valence-corrected chi connectivity index (χ4v) is 2.39. The third kappa shape index (κ3) is 3.20. The number of halogens is 1. The average Bonchev–Trinajstić information content (AvgIpc) is 2.70. The Labute approximate surface area is 115 Å². The molecule has 0 saturated heterocycles. The van der Waals surface area contributed by atoms with Crippen molar-refractivity contribution < 1.29 is 9.13 Å². The van der Waals surface area contributed by atoms with Gasteiger partial charge in [0.25, 0.3) is 0 Å². The maximum absolute atomic E-state index is 13.7. The number of imidazole rings is 1. The van der Waals surface area contributed by atoms with Crippen LogP contribution in [-0.4, -0.2) is 15.7 Å². The molecule has 2 rings (SSSR count). The number of nitrogens with zero attached hydrogens (tertiary/aromatic N) is 2. The summed E-state index contributed by atoms with van der Waals surface area (Å²) in [6, 6.07) is 2.90. The highest BCUT2D eigenvalue weighted by Gasteiger charge is 2.13. The Kier molecular flexibility index (Phi) is 3.99. The van der Waals surface area contributed by atoms with E-state index < -0.39 is 5.82 Å². The largest absolute Gasteiger partial charge is 0.488 e. The number of nitrogen functional groups attached to an aromatic ring is 1. The van der Waals surface area contributed by atoms with Gasteiger partial charge in [-0.15, -0.1) is 0 Å². The lowest BCUT2D eigenvalue weighted by Gasteiger charge is -2.13. The van der Waals surface area contributed by atoms with Gasteiger partial charge in [-0.1, -0.05) is 0 Å². The van der Waals surface area contributed by atoms with Crippen LogP contribution in [0.15, 0.2) is 34.6 Å². The fraction of sp³-hybridized carbons (Fsp3) is 0.308. The summed E-state index contributed by atoms with van der Waals surface area (Å²) in [4.78, 5) is 4.93. The number of aromatic nitrogens is 2. The van der Waals surface area contributed by atoms with Gasteiger partial charge in [-0.25, -0.2) is 9.37 Å². The van der Waals surface area contributed by atoms with Gasteiger partial charge in [0.15, 0.2) is 16.7 Å². The van der Waals surface area contributed by atoms with Crippen molar-refractivity contribution in [2.45, 2.75) is 30.0 Å². The van der Waals surface area contributed by atoms with Crippen LogP contribution in [0.3, 0.4) is 0 Å². The third-order valence-electron chi connectivity index (χ3n) is 2.41. The lowest BCUT2D eigenvalue weighted by molar-refractivity contribution is 0.230. The van der Waals surface area contributed by atoms with Crippen molar-refractivity contribution in [1.29, 1.82) is 0 Å². The van der Waals surface area contributed by atoms with Crippen LogP contribution in [0.4, 0.5) is 10.1 Å². The number of nitrogens with two attached hydrogens (primary N) is 1. The van der Waals surface area contributed by atoms with Gasteiger partial charge in [0.1, 0.15) is 0 Å². The second kappa shape index (κ2) is 5.52. The number of anilines is 1. The molecule has 1 aromatic heterocycles. The monoisotopic (exact) mass is 281 g/mol. The predicted molar refractivity (Wildman–Crippen MR) is 73.9 cm³/mol. The van der Waals surface area contributed by atoms with Crippen LogP contribution in [0, 0.1) is 5.82 Å². The van der Waals surface area contributed by atoms with E-state index in [9.17, 15) is 4.39 Å². The van der Waals surface area contributed by atoms with Crippen LogP contribution in [0.1, 0.15) is 13.8 Å². The van der Waals surface area contributed by atoms with Gasteiger partial charge in [0, 0.05) is 36.1 Å². The number of ether oxygens (including phenoxy) is 1. The summed E-state index contributed by atoms with van der Waals surface area (Å²) in [7, 11) is 1.89. The van der Waals surface area contributed by atoms with Crippen molar-refractivity contribution in [3.63, 3.8) is 0 Å². The molecule has 0 aliphatic heterocycles. The standard InChI is InChI=1S/C13H16FN3OS/c1-8(2)18-11-7-12(10(15)6-9(11)14)19-13-16-4-5-17(13)3/h4-8H,15H2,1-3H3. The Morgan fingerprint density at radius 1 is 1.42 bits per heavy atom. The molecule has 0 unspecified atom stereocenters. The second-order valence-electron chi connectivity index (χ2n) is 4.41. The van der Waals surface area contributed by atoms with Crippen molar-refractivity contribution in [2.75, 3.05) is 5.73 Å². The van der Waals surface area contributed by atoms with Crippen LogP contribution in [0.25, 0.3) is 0 Å². The molecule has 2 aromatic rings. The van der Waals surface area contributed by atoms with Crippen molar-refractivity contribution in [3.05, 3.63) is 30.3 Å². The van der Waals surface area contributed by atoms with Gasteiger partial charge in [0.05, 0.1) is 6.10 Å². The molecule has 19 heavy (non-hydrogen) atoms. The first-order chi connectivity index (χ1) is 8.97. The van der Waals surface area contributed by atoms with Crippen molar-refractivity contribution in [3.8, 4) is 5.75 Å². The molecule has 0 atom stereocenters.